The molecule has 0 aliphatic carbocycles. The number of hydrogen-bond acceptors (Lipinski definition) is 6. The lowest BCUT2D eigenvalue weighted by atomic mass is 9.98. The Morgan fingerprint density at radius 3 is 2.19 bits per heavy atom. The first-order valence-corrected chi connectivity index (χ1v) is 8.12. The molecule has 3 rings (SSSR count). The number of esters is 2. The Labute approximate surface area is 155 Å². The summed E-state index contributed by atoms with van der Waals surface area (Å²) in [6.45, 7) is -0.260. The Hall–Kier alpha value is -3.67. The van der Waals surface area contributed by atoms with Crippen LogP contribution in [-0.4, -0.2) is 24.8 Å². The van der Waals surface area contributed by atoms with Crippen molar-refractivity contribution in [2.75, 3.05) is 7.11 Å². The molecular weight excluding hydrogens is 348 g/mol. The summed E-state index contributed by atoms with van der Waals surface area (Å²) in [5.41, 5.74) is 1.02. The number of carbonyl (C=O) groups excluding carboxylic acids is 3. The third-order valence-corrected chi connectivity index (χ3v) is 3.91. The topological polar surface area (TPSA) is 82.8 Å². The Morgan fingerprint density at radius 2 is 1.48 bits per heavy atom. The van der Waals surface area contributed by atoms with Gasteiger partial charge in [-0.2, -0.15) is 0 Å². The van der Waals surface area contributed by atoms with Crippen molar-refractivity contribution >= 4 is 17.7 Å². The van der Waals surface area contributed by atoms with Crippen molar-refractivity contribution in [1.29, 1.82) is 0 Å². The molecule has 3 aromatic rings. The van der Waals surface area contributed by atoms with Crippen molar-refractivity contribution in [3.63, 3.8) is 0 Å². The molecule has 0 saturated heterocycles. The fourth-order valence-electron chi connectivity index (χ4n) is 2.56. The molecule has 0 aliphatic rings. The van der Waals surface area contributed by atoms with E-state index in [1.54, 1.807) is 48.5 Å². The van der Waals surface area contributed by atoms with Crippen LogP contribution in [-0.2, 0) is 16.1 Å². The van der Waals surface area contributed by atoms with Gasteiger partial charge in [0.15, 0.2) is 18.2 Å². The fourth-order valence-corrected chi connectivity index (χ4v) is 2.56. The zero-order chi connectivity index (χ0) is 19.2. The van der Waals surface area contributed by atoms with Crippen molar-refractivity contribution in [1.82, 2.24) is 0 Å². The molecule has 2 aromatic carbocycles. The van der Waals surface area contributed by atoms with E-state index in [-0.39, 0.29) is 34.8 Å². The van der Waals surface area contributed by atoms with E-state index in [4.69, 9.17) is 9.15 Å². The maximum Gasteiger partial charge on any atom is 0.341 e. The highest BCUT2D eigenvalue weighted by Crippen LogP contribution is 2.18. The molecule has 6 nitrogen and oxygen atoms in total. The monoisotopic (exact) mass is 364 g/mol. The lowest BCUT2D eigenvalue weighted by molar-refractivity contribution is 0.0430. The summed E-state index contributed by atoms with van der Waals surface area (Å²) < 4.78 is 15.1. The molecule has 27 heavy (non-hydrogen) atoms. The van der Waals surface area contributed by atoms with Crippen molar-refractivity contribution in [3.8, 4) is 0 Å². The molecule has 0 bridgehead atoms. The summed E-state index contributed by atoms with van der Waals surface area (Å²) >= 11 is 0. The van der Waals surface area contributed by atoms with E-state index in [1.807, 2.05) is 0 Å². The zero-order valence-electron chi connectivity index (χ0n) is 14.5. The van der Waals surface area contributed by atoms with Gasteiger partial charge in [0.1, 0.15) is 5.56 Å². The van der Waals surface area contributed by atoms with E-state index >= 15 is 0 Å². The van der Waals surface area contributed by atoms with Gasteiger partial charge < -0.3 is 13.9 Å². The number of carbonyl (C=O) groups is 3. The van der Waals surface area contributed by atoms with Crippen molar-refractivity contribution in [2.45, 2.75) is 6.61 Å². The second-order valence-corrected chi connectivity index (χ2v) is 5.57. The molecule has 0 unspecified atom stereocenters. The summed E-state index contributed by atoms with van der Waals surface area (Å²) in [4.78, 5) is 36.9. The molecule has 1 aromatic heterocycles. The van der Waals surface area contributed by atoms with E-state index in [2.05, 4.69) is 4.74 Å². The number of furan rings is 1. The third-order valence-electron chi connectivity index (χ3n) is 3.91. The molecule has 0 spiro atoms. The second kappa shape index (κ2) is 8.14. The Balaban J connectivity index is 1.79. The minimum absolute atomic E-state index is 0.137. The van der Waals surface area contributed by atoms with Crippen LogP contribution in [0.1, 0.15) is 42.4 Å². The Bertz CT molecular complexity index is 971. The number of ketones is 1. The van der Waals surface area contributed by atoms with E-state index in [9.17, 15) is 14.4 Å². The SMILES string of the molecule is COC(=O)c1ccoc1COC(=O)c1ccccc1C(=O)c1ccccc1. The van der Waals surface area contributed by atoms with Crippen LogP contribution in [0.4, 0.5) is 0 Å². The van der Waals surface area contributed by atoms with Gasteiger partial charge in [-0.05, 0) is 12.1 Å². The Morgan fingerprint density at radius 1 is 0.815 bits per heavy atom. The third kappa shape index (κ3) is 3.95. The molecule has 0 N–H and O–H groups in total. The van der Waals surface area contributed by atoms with Crippen LogP contribution in [0.25, 0.3) is 0 Å². The average molecular weight is 364 g/mol. The molecule has 0 atom stereocenters. The van der Waals surface area contributed by atoms with Gasteiger partial charge in [0, 0.05) is 11.1 Å². The van der Waals surface area contributed by atoms with Crippen LogP contribution in [0.15, 0.2) is 71.3 Å². The first-order chi connectivity index (χ1) is 13.1. The highest BCUT2D eigenvalue weighted by atomic mass is 16.5. The predicted octanol–water partition coefficient (Wildman–Crippen LogP) is 3.65. The fraction of sp³-hybridized carbons (Fsp3) is 0.0952. The van der Waals surface area contributed by atoms with Gasteiger partial charge in [-0.1, -0.05) is 48.5 Å². The number of benzene rings is 2. The van der Waals surface area contributed by atoms with Gasteiger partial charge in [-0.25, -0.2) is 9.59 Å². The minimum atomic E-state index is -0.693. The van der Waals surface area contributed by atoms with Gasteiger partial charge >= 0.3 is 11.9 Å². The second-order valence-electron chi connectivity index (χ2n) is 5.57. The molecule has 0 saturated carbocycles. The molecule has 0 amide bonds. The highest BCUT2D eigenvalue weighted by Gasteiger charge is 2.21. The highest BCUT2D eigenvalue weighted by molar-refractivity contribution is 6.14. The van der Waals surface area contributed by atoms with E-state index in [0.717, 1.165) is 0 Å². The average Bonchev–Trinajstić information content (AvgIpc) is 3.20. The Kier molecular flexibility index (Phi) is 5.47. The largest absolute Gasteiger partial charge is 0.465 e. The van der Waals surface area contributed by atoms with Crippen molar-refractivity contribution in [2.24, 2.45) is 0 Å². The molecule has 0 radical (unpaired) electrons. The van der Waals surface area contributed by atoms with Crippen LogP contribution in [0.3, 0.4) is 0 Å². The summed E-state index contributed by atoms with van der Waals surface area (Å²) in [6, 6.07) is 16.5. The lowest BCUT2D eigenvalue weighted by Gasteiger charge is -2.09. The van der Waals surface area contributed by atoms with E-state index in [0.29, 0.717) is 5.56 Å². The lowest BCUT2D eigenvalue weighted by Crippen LogP contribution is -2.13. The van der Waals surface area contributed by atoms with Gasteiger partial charge in [0.2, 0.25) is 0 Å². The van der Waals surface area contributed by atoms with Crippen LogP contribution in [0.2, 0.25) is 0 Å². The first kappa shape index (κ1) is 18.1. The van der Waals surface area contributed by atoms with Crippen LogP contribution in [0.5, 0.6) is 0 Å². The van der Waals surface area contributed by atoms with Crippen molar-refractivity contribution in [3.05, 3.63) is 94.9 Å². The minimum Gasteiger partial charge on any atom is -0.465 e. The van der Waals surface area contributed by atoms with E-state index < -0.39 is 11.9 Å². The first-order valence-electron chi connectivity index (χ1n) is 8.12. The molecule has 1 heterocycles. The smallest absolute Gasteiger partial charge is 0.341 e. The summed E-state index contributed by atoms with van der Waals surface area (Å²) in [6.07, 6.45) is 1.31. The molecule has 6 heteroatoms. The molecule has 0 fully saturated rings. The molecule has 136 valence electrons. The van der Waals surface area contributed by atoms with Crippen molar-refractivity contribution < 1.29 is 28.3 Å². The maximum absolute atomic E-state index is 12.7. The number of rotatable bonds is 6. The maximum atomic E-state index is 12.7. The number of methoxy groups -OCH3 is 1. The van der Waals surface area contributed by atoms with E-state index in [1.165, 1.54) is 25.5 Å². The van der Waals surface area contributed by atoms with Crippen LogP contribution < -0.4 is 0 Å². The normalized spacial score (nSPS) is 10.3. The molecular formula is C21H16O6. The predicted molar refractivity (Wildman–Crippen MR) is 95.5 cm³/mol. The van der Waals surface area contributed by atoms with Gasteiger partial charge in [-0.15, -0.1) is 0 Å². The van der Waals surface area contributed by atoms with Gasteiger partial charge in [-0.3, -0.25) is 4.79 Å². The quantitative estimate of drug-likeness (QED) is 0.490. The van der Waals surface area contributed by atoms with Crippen LogP contribution in [0, 0.1) is 0 Å². The van der Waals surface area contributed by atoms with Gasteiger partial charge in [0.05, 0.1) is 18.9 Å². The zero-order valence-corrected chi connectivity index (χ0v) is 14.5. The molecule has 0 aliphatic heterocycles. The number of hydrogen-bond donors (Lipinski definition) is 0. The summed E-state index contributed by atoms with van der Waals surface area (Å²) in [7, 11) is 1.25. The standard InChI is InChI=1S/C21H16O6/c1-25-20(23)17-11-12-26-18(17)13-27-21(24)16-10-6-5-9-15(16)19(22)14-7-3-2-4-8-14/h2-12H,13H2,1H3. The van der Waals surface area contributed by atoms with Crippen LogP contribution >= 0.6 is 0 Å². The summed E-state index contributed by atoms with van der Waals surface area (Å²) in [5, 5.41) is 0. The van der Waals surface area contributed by atoms with Gasteiger partial charge in [0.25, 0.3) is 0 Å². The number of ether oxygens (including phenoxy) is 2. The summed E-state index contributed by atoms with van der Waals surface area (Å²) in [5.74, 6) is -1.39.